The predicted octanol–water partition coefficient (Wildman–Crippen LogP) is 9.69. The highest BCUT2D eigenvalue weighted by Crippen LogP contribution is 2.27. The summed E-state index contributed by atoms with van der Waals surface area (Å²) in [6, 6.07) is 57.2. The maximum Gasteiger partial charge on any atom is 0.182 e. The van der Waals surface area contributed by atoms with Gasteiger partial charge in [-0.15, -0.1) is 10.2 Å². The van der Waals surface area contributed by atoms with Crippen molar-refractivity contribution in [2.24, 2.45) is 0 Å². The van der Waals surface area contributed by atoms with E-state index >= 15 is 0 Å². The van der Waals surface area contributed by atoms with Gasteiger partial charge in [0.2, 0.25) is 0 Å². The number of benzene rings is 6. The molecule has 0 aliphatic carbocycles. The Morgan fingerprint density at radius 3 is 0.979 bits per heavy atom. The van der Waals surface area contributed by atoms with Crippen LogP contribution >= 0.6 is 0 Å². The predicted molar refractivity (Wildman–Crippen MR) is 193 cm³/mol. The summed E-state index contributed by atoms with van der Waals surface area (Å²) in [5, 5.41) is 9.81. The lowest BCUT2D eigenvalue weighted by Crippen LogP contribution is -1.99. The summed E-state index contributed by atoms with van der Waals surface area (Å²) < 4.78 is 3.84. The first kappa shape index (κ1) is 28.8. The van der Waals surface area contributed by atoms with E-state index in [1.165, 1.54) is 0 Å². The Bertz CT molecular complexity index is 2120. The van der Waals surface area contributed by atoms with Crippen molar-refractivity contribution in [1.82, 2.24) is 29.5 Å². The van der Waals surface area contributed by atoms with Crippen LogP contribution in [0.4, 0.5) is 0 Å². The van der Waals surface area contributed by atoms with E-state index in [-0.39, 0.29) is 0 Å². The molecule has 0 amide bonds. The number of hydrogen-bond acceptors (Lipinski definition) is 4. The zero-order chi connectivity index (χ0) is 32.1. The van der Waals surface area contributed by atoms with Crippen LogP contribution in [0.5, 0.6) is 0 Å². The standard InChI is InChI=1S/C42H30N6/c1-5-13-33(14-6-1)39-43-41(35-17-9-3-10-18-35)47(45-39)37-27-23-31(24-28-37)21-22-32-25-29-38(30-26-32)48-42(36-19-11-4-12-20-36)44-40(46-48)34-15-7-2-8-16-34/h1-30H/b22-21+. The summed E-state index contributed by atoms with van der Waals surface area (Å²) >= 11 is 0. The average Bonchev–Trinajstić information content (AvgIpc) is 3.82. The van der Waals surface area contributed by atoms with E-state index in [2.05, 4.69) is 84.9 Å². The largest absolute Gasteiger partial charge is 0.213 e. The second-order valence-electron chi connectivity index (χ2n) is 11.3. The molecule has 0 saturated carbocycles. The van der Waals surface area contributed by atoms with Crippen LogP contribution in [0.3, 0.4) is 0 Å². The average molecular weight is 619 g/mol. The first-order valence-electron chi connectivity index (χ1n) is 15.8. The van der Waals surface area contributed by atoms with Crippen molar-refractivity contribution in [3.63, 3.8) is 0 Å². The zero-order valence-corrected chi connectivity index (χ0v) is 26.0. The fourth-order valence-corrected chi connectivity index (χ4v) is 5.60. The van der Waals surface area contributed by atoms with Gasteiger partial charge in [-0.05, 0) is 35.4 Å². The van der Waals surface area contributed by atoms with Crippen LogP contribution < -0.4 is 0 Å². The van der Waals surface area contributed by atoms with Crippen LogP contribution in [0.15, 0.2) is 170 Å². The normalized spacial score (nSPS) is 11.2. The minimum Gasteiger partial charge on any atom is -0.213 e. The lowest BCUT2D eigenvalue weighted by atomic mass is 10.1. The molecule has 2 aromatic heterocycles. The van der Waals surface area contributed by atoms with Crippen molar-refractivity contribution in [2.75, 3.05) is 0 Å². The van der Waals surface area contributed by atoms with Gasteiger partial charge in [-0.3, -0.25) is 0 Å². The molecule has 0 N–H and O–H groups in total. The SMILES string of the molecule is C(=C\c1ccc(-n2nc(-c3ccccc3)nc2-c2ccccc2)cc1)/c1ccc(-n2nc(-c3ccccc3)nc2-c2ccccc2)cc1. The Hall–Kier alpha value is -6.66. The lowest BCUT2D eigenvalue weighted by molar-refractivity contribution is 0.890. The Balaban J connectivity index is 1.05. The van der Waals surface area contributed by atoms with E-state index in [1.54, 1.807) is 0 Å². The first-order chi connectivity index (χ1) is 23.8. The van der Waals surface area contributed by atoms with E-state index in [4.69, 9.17) is 20.2 Å². The number of aromatic nitrogens is 6. The quantitative estimate of drug-likeness (QED) is 0.159. The molecule has 6 nitrogen and oxygen atoms in total. The molecule has 0 aliphatic heterocycles. The highest BCUT2D eigenvalue weighted by atomic mass is 15.4. The fourth-order valence-electron chi connectivity index (χ4n) is 5.60. The van der Waals surface area contributed by atoms with Crippen LogP contribution in [-0.4, -0.2) is 29.5 Å². The summed E-state index contributed by atoms with van der Waals surface area (Å²) in [4.78, 5) is 9.84. The van der Waals surface area contributed by atoms with Crippen molar-refractivity contribution in [3.8, 4) is 56.9 Å². The second kappa shape index (κ2) is 13.0. The van der Waals surface area contributed by atoms with Gasteiger partial charge in [-0.2, -0.15) is 0 Å². The van der Waals surface area contributed by atoms with Crippen LogP contribution in [0, 0.1) is 0 Å². The van der Waals surface area contributed by atoms with Crippen LogP contribution in [0.1, 0.15) is 11.1 Å². The van der Waals surface area contributed by atoms with Gasteiger partial charge < -0.3 is 0 Å². The summed E-state index contributed by atoms with van der Waals surface area (Å²) in [6.07, 6.45) is 4.23. The van der Waals surface area contributed by atoms with Gasteiger partial charge in [0, 0.05) is 22.3 Å². The van der Waals surface area contributed by atoms with Gasteiger partial charge >= 0.3 is 0 Å². The molecule has 0 fully saturated rings. The smallest absolute Gasteiger partial charge is 0.182 e. The lowest BCUT2D eigenvalue weighted by Gasteiger charge is -2.07. The second-order valence-corrected chi connectivity index (χ2v) is 11.3. The highest BCUT2D eigenvalue weighted by molar-refractivity contribution is 5.71. The maximum absolute atomic E-state index is 4.92. The topological polar surface area (TPSA) is 61.4 Å². The molecule has 0 unspecified atom stereocenters. The molecule has 0 bridgehead atoms. The molecule has 0 atom stereocenters. The maximum atomic E-state index is 4.92. The fraction of sp³-hybridized carbons (Fsp3) is 0. The molecule has 6 aromatic carbocycles. The van der Waals surface area contributed by atoms with E-state index in [9.17, 15) is 0 Å². The van der Waals surface area contributed by atoms with Gasteiger partial charge in [0.25, 0.3) is 0 Å². The van der Waals surface area contributed by atoms with Crippen molar-refractivity contribution >= 4 is 12.2 Å². The Labute approximate surface area is 279 Å². The molecule has 6 heteroatoms. The van der Waals surface area contributed by atoms with Gasteiger partial charge in [0.15, 0.2) is 23.3 Å². The molecule has 0 radical (unpaired) electrons. The van der Waals surface area contributed by atoms with Crippen LogP contribution in [0.2, 0.25) is 0 Å². The molecule has 48 heavy (non-hydrogen) atoms. The monoisotopic (exact) mass is 618 g/mol. The van der Waals surface area contributed by atoms with E-state index in [1.807, 2.05) is 106 Å². The van der Waals surface area contributed by atoms with Crippen molar-refractivity contribution in [2.45, 2.75) is 0 Å². The minimum atomic E-state index is 0.694. The highest BCUT2D eigenvalue weighted by Gasteiger charge is 2.16. The summed E-state index contributed by atoms with van der Waals surface area (Å²) in [5.41, 5.74) is 8.05. The molecule has 8 aromatic rings. The third-order valence-electron chi connectivity index (χ3n) is 8.09. The van der Waals surface area contributed by atoms with Crippen molar-refractivity contribution in [3.05, 3.63) is 181 Å². The number of rotatable bonds is 8. The van der Waals surface area contributed by atoms with Gasteiger partial charge in [0.05, 0.1) is 11.4 Å². The van der Waals surface area contributed by atoms with Crippen molar-refractivity contribution in [1.29, 1.82) is 0 Å². The molecule has 2 heterocycles. The first-order valence-corrected chi connectivity index (χ1v) is 15.8. The molecular formula is C42H30N6. The van der Waals surface area contributed by atoms with E-state index < -0.39 is 0 Å². The van der Waals surface area contributed by atoms with Gasteiger partial charge in [0.1, 0.15) is 0 Å². The van der Waals surface area contributed by atoms with E-state index in [0.717, 1.165) is 56.4 Å². The molecule has 0 aliphatic rings. The third kappa shape index (κ3) is 5.98. The number of nitrogens with zero attached hydrogens (tertiary/aromatic N) is 6. The Kier molecular flexibility index (Phi) is 7.79. The van der Waals surface area contributed by atoms with Crippen LogP contribution in [-0.2, 0) is 0 Å². The molecular weight excluding hydrogens is 589 g/mol. The zero-order valence-electron chi connectivity index (χ0n) is 26.0. The summed E-state index contributed by atoms with van der Waals surface area (Å²) in [6.45, 7) is 0. The third-order valence-corrected chi connectivity index (χ3v) is 8.09. The molecule has 0 saturated heterocycles. The number of hydrogen-bond donors (Lipinski definition) is 0. The minimum absolute atomic E-state index is 0.694. The molecule has 8 rings (SSSR count). The van der Waals surface area contributed by atoms with Gasteiger partial charge in [-0.1, -0.05) is 158 Å². The van der Waals surface area contributed by atoms with Crippen molar-refractivity contribution < 1.29 is 0 Å². The molecule has 0 spiro atoms. The Morgan fingerprint density at radius 2 is 0.646 bits per heavy atom. The van der Waals surface area contributed by atoms with Gasteiger partial charge in [-0.25, -0.2) is 19.3 Å². The Morgan fingerprint density at radius 1 is 0.333 bits per heavy atom. The van der Waals surface area contributed by atoms with E-state index in [0.29, 0.717) is 11.6 Å². The summed E-state index contributed by atoms with van der Waals surface area (Å²) in [7, 11) is 0. The van der Waals surface area contributed by atoms with Crippen LogP contribution in [0.25, 0.3) is 69.1 Å². The summed E-state index contributed by atoms with van der Waals surface area (Å²) in [5.74, 6) is 2.99. The molecule has 228 valence electrons.